The van der Waals surface area contributed by atoms with Gasteiger partial charge in [0.2, 0.25) is 5.91 Å². The van der Waals surface area contributed by atoms with Gasteiger partial charge in [0.15, 0.2) is 0 Å². The van der Waals surface area contributed by atoms with Gasteiger partial charge in [0.1, 0.15) is 6.61 Å². The number of rotatable bonds is 5. The largest absolute Gasteiger partial charge is 0.375 e. The third-order valence-electron chi connectivity index (χ3n) is 3.94. The molecule has 4 heteroatoms. The molecule has 0 spiro atoms. The highest BCUT2D eigenvalue weighted by atomic mass is 16.5. The normalized spacial score (nSPS) is 31.5. The van der Waals surface area contributed by atoms with Crippen molar-refractivity contribution in [1.29, 1.82) is 0 Å². The third-order valence-corrected chi connectivity index (χ3v) is 3.94. The van der Waals surface area contributed by atoms with Crippen LogP contribution >= 0.6 is 0 Å². The first kappa shape index (κ1) is 12.8. The fourth-order valence-corrected chi connectivity index (χ4v) is 3.24. The summed E-state index contributed by atoms with van der Waals surface area (Å²) >= 11 is 0. The SMILES string of the molecule is CCCN(C(=O)COC)C1CC2CCC(C1)N2. The Hall–Kier alpha value is -0.610. The van der Waals surface area contributed by atoms with Gasteiger partial charge in [0.05, 0.1) is 0 Å². The number of amides is 1. The van der Waals surface area contributed by atoms with Gasteiger partial charge in [-0.2, -0.15) is 0 Å². The summed E-state index contributed by atoms with van der Waals surface area (Å²) in [6.45, 7) is 3.22. The second-order valence-electron chi connectivity index (χ2n) is 5.28. The van der Waals surface area contributed by atoms with Gasteiger partial charge in [-0.25, -0.2) is 0 Å². The van der Waals surface area contributed by atoms with Crippen molar-refractivity contribution in [2.24, 2.45) is 0 Å². The fourth-order valence-electron chi connectivity index (χ4n) is 3.24. The summed E-state index contributed by atoms with van der Waals surface area (Å²) in [7, 11) is 1.59. The quantitative estimate of drug-likeness (QED) is 0.784. The standard InChI is InChI=1S/C13H24N2O2/c1-3-6-15(13(16)9-17-2)12-7-10-4-5-11(8-12)14-10/h10-12,14H,3-9H2,1-2H3. The topological polar surface area (TPSA) is 41.6 Å². The minimum absolute atomic E-state index is 0.153. The van der Waals surface area contributed by atoms with Gasteiger partial charge in [-0.05, 0) is 32.1 Å². The molecule has 2 saturated heterocycles. The zero-order valence-electron chi connectivity index (χ0n) is 10.9. The molecule has 1 amide bonds. The molecular weight excluding hydrogens is 216 g/mol. The van der Waals surface area contributed by atoms with Crippen LogP contribution in [0.25, 0.3) is 0 Å². The highest BCUT2D eigenvalue weighted by molar-refractivity contribution is 5.77. The van der Waals surface area contributed by atoms with Gasteiger partial charge in [-0.3, -0.25) is 4.79 Å². The molecular formula is C13H24N2O2. The van der Waals surface area contributed by atoms with Gasteiger partial charge >= 0.3 is 0 Å². The van der Waals surface area contributed by atoms with Crippen LogP contribution in [0.4, 0.5) is 0 Å². The number of nitrogens with zero attached hydrogens (tertiary/aromatic N) is 1. The summed E-state index contributed by atoms with van der Waals surface area (Å²) in [5, 5.41) is 3.62. The summed E-state index contributed by atoms with van der Waals surface area (Å²) in [5.74, 6) is 0.153. The Balaban J connectivity index is 1.97. The molecule has 2 rings (SSSR count). The molecule has 2 heterocycles. The van der Waals surface area contributed by atoms with Crippen molar-refractivity contribution in [1.82, 2.24) is 10.2 Å². The summed E-state index contributed by atoms with van der Waals surface area (Å²) in [4.78, 5) is 14.1. The van der Waals surface area contributed by atoms with E-state index in [4.69, 9.17) is 4.74 Å². The molecule has 17 heavy (non-hydrogen) atoms. The first-order valence-corrected chi connectivity index (χ1v) is 6.79. The van der Waals surface area contributed by atoms with E-state index >= 15 is 0 Å². The molecule has 2 aliphatic heterocycles. The number of hydrogen-bond acceptors (Lipinski definition) is 3. The van der Waals surface area contributed by atoms with Crippen LogP contribution < -0.4 is 5.32 Å². The predicted molar refractivity (Wildman–Crippen MR) is 66.8 cm³/mol. The monoisotopic (exact) mass is 240 g/mol. The first-order valence-electron chi connectivity index (χ1n) is 6.79. The predicted octanol–water partition coefficient (Wildman–Crippen LogP) is 1.15. The number of ether oxygens (including phenoxy) is 1. The van der Waals surface area contributed by atoms with Crippen LogP contribution in [0, 0.1) is 0 Å². The highest BCUT2D eigenvalue weighted by Crippen LogP contribution is 2.29. The van der Waals surface area contributed by atoms with Crippen LogP contribution in [0.15, 0.2) is 0 Å². The van der Waals surface area contributed by atoms with E-state index in [-0.39, 0.29) is 12.5 Å². The fraction of sp³-hybridized carbons (Fsp3) is 0.923. The summed E-state index contributed by atoms with van der Waals surface area (Å²) in [6.07, 6.45) is 5.81. The van der Waals surface area contributed by atoms with E-state index in [0.717, 1.165) is 25.8 Å². The number of carbonyl (C=O) groups is 1. The molecule has 2 aliphatic rings. The number of piperidine rings is 1. The molecule has 0 aromatic rings. The Bertz CT molecular complexity index is 258. The Morgan fingerprint density at radius 3 is 2.53 bits per heavy atom. The van der Waals surface area contributed by atoms with Gasteiger partial charge in [0.25, 0.3) is 0 Å². The lowest BCUT2D eigenvalue weighted by atomic mass is 9.98. The molecule has 0 aromatic carbocycles. The minimum atomic E-state index is 0.153. The molecule has 2 atom stereocenters. The van der Waals surface area contributed by atoms with Crippen molar-refractivity contribution in [3.63, 3.8) is 0 Å². The third kappa shape index (κ3) is 2.99. The average molecular weight is 240 g/mol. The van der Waals surface area contributed by atoms with Crippen LogP contribution in [-0.4, -0.2) is 49.2 Å². The van der Waals surface area contributed by atoms with Crippen molar-refractivity contribution in [3.8, 4) is 0 Å². The summed E-state index contributed by atoms with van der Waals surface area (Å²) < 4.78 is 4.98. The smallest absolute Gasteiger partial charge is 0.248 e. The second kappa shape index (κ2) is 5.83. The molecule has 98 valence electrons. The van der Waals surface area contributed by atoms with E-state index in [0.29, 0.717) is 18.1 Å². The van der Waals surface area contributed by atoms with Crippen LogP contribution in [-0.2, 0) is 9.53 Å². The van der Waals surface area contributed by atoms with Gasteiger partial charge in [-0.15, -0.1) is 0 Å². The molecule has 0 radical (unpaired) electrons. The maximum atomic E-state index is 12.0. The number of hydrogen-bond donors (Lipinski definition) is 1. The number of carbonyl (C=O) groups excluding carboxylic acids is 1. The maximum Gasteiger partial charge on any atom is 0.248 e. The first-order chi connectivity index (χ1) is 8.24. The van der Waals surface area contributed by atoms with Crippen molar-refractivity contribution in [2.75, 3.05) is 20.3 Å². The molecule has 0 aliphatic carbocycles. The Kier molecular flexibility index (Phi) is 4.40. The van der Waals surface area contributed by atoms with Gasteiger partial charge in [0, 0.05) is 31.8 Å². The van der Waals surface area contributed by atoms with E-state index in [1.165, 1.54) is 12.8 Å². The summed E-state index contributed by atoms with van der Waals surface area (Å²) in [5.41, 5.74) is 0. The van der Waals surface area contributed by atoms with Gasteiger partial charge < -0.3 is 15.0 Å². The van der Waals surface area contributed by atoms with Crippen LogP contribution in [0.5, 0.6) is 0 Å². The molecule has 0 aromatic heterocycles. The maximum absolute atomic E-state index is 12.0. The Morgan fingerprint density at radius 2 is 2.00 bits per heavy atom. The molecule has 2 unspecified atom stereocenters. The molecule has 2 fully saturated rings. The molecule has 4 nitrogen and oxygen atoms in total. The zero-order valence-corrected chi connectivity index (χ0v) is 10.9. The lowest BCUT2D eigenvalue weighted by Crippen LogP contribution is -2.51. The van der Waals surface area contributed by atoms with E-state index in [1.54, 1.807) is 7.11 Å². The zero-order chi connectivity index (χ0) is 12.3. The van der Waals surface area contributed by atoms with E-state index < -0.39 is 0 Å². The summed E-state index contributed by atoms with van der Waals surface area (Å²) in [6, 6.07) is 1.69. The highest BCUT2D eigenvalue weighted by Gasteiger charge is 2.37. The van der Waals surface area contributed by atoms with Crippen LogP contribution in [0.1, 0.15) is 39.0 Å². The average Bonchev–Trinajstić information content (AvgIpc) is 2.65. The van der Waals surface area contributed by atoms with Crippen molar-refractivity contribution in [2.45, 2.75) is 57.2 Å². The van der Waals surface area contributed by atoms with E-state index in [9.17, 15) is 4.79 Å². The van der Waals surface area contributed by atoms with Crippen molar-refractivity contribution >= 4 is 5.91 Å². The Labute approximate surface area is 104 Å². The van der Waals surface area contributed by atoms with E-state index in [2.05, 4.69) is 17.1 Å². The van der Waals surface area contributed by atoms with Crippen LogP contribution in [0.3, 0.4) is 0 Å². The lowest BCUT2D eigenvalue weighted by Gasteiger charge is -2.37. The molecule has 0 saturated carbocycles. The Morgan fingerprint density at radius 1 is 1.35 bits per heavy atom. The van der Waals surface area contributed by atoms with Crippen molar-refractivity contribution < 1.29 is 9.53 Å². The number of methoxy groups -OCH3 is 1. The molecule has 2 bridgehead atoms. The second-order valence-corrected chi connectivity index (χ2v) is 5.28. The number of nitrogens with one attached hydrogen (secondary N) is 1. The molecule has 1 N–H and O–H groups in total. The lowest BCUT2D eigenvalue weighted by molar-refractivity contribution is -0.138. The van der Waals surface area contributed by atoms with Crippen molar-refractivity contribution in [3.05, 3.63) is 0 Å². The van der Waals surface area contributed by atoms with E-state index in [1.807, 2.05) is 0 Å². The number of fused-ring (bicyclic) bond motifs is 2. The minimum Gasteiger partial charge on any atom is -0.375 e. The van der Waals surface area contributed by atoms with Gasteiger partial charge in [-0.1, -0.05) is 6.92 Å². The van der Waals surface area contributed by atoms with Crippen LogP contribution in [0.2, 0.25) is 0 Å².